The van der Waals surface area contributed by atoms with Crippen LogP contribution in [-0.2, 0) is 21.2 Å². The van der Waals surface area contributed by atoms with Crippen LogP contribution in [0.25, 0.3) is 0 Å². The number of anilines is 1. The molecule has 0 aliphatic heterocycles. The van der Waals surface area contributed by atoms with Crippen LogP contribution in [0.1, 0.15) is 5.56 Å². The highest BCUT2D eigenvalue weighted by Crippen LogP contribution is 2.27. The molecular formula is C22H20Cl2N2O4S. The van der Waals surface area contributed by atoms with Gasteiger partial charge in [0, 0.05) is 15.7 Å². The molecule has 1 amide bonds. The molecule has 3 aromatic carbocycles. The molecule has 0 saturated carbocycles. The lowest BCUT2D eigenvalue weighted by molar-refractivity contribution is -0.117. The van der Waals surface area contributed by atoms with E-state index < -0.39 is 22.0 Å². The summed E-state index contributed by atoms with van der Waals surface area (Å²) in [4.78, 5) is 12.9. The Bertz CT molecular complexity index is 1150. The first-order valence-corrected chi connectivity index (χ1v) is 11.5. The molecule has 3 rings (SSSR count). The van der Waals surface area contributed by atoms with Gasteiger partial charge in [0.15, 0.2) is 0 Å². The summed E-state index contributed by atoms with van der Waals surface area (Å²) in [6, 6.07) is 18.8. The third-order valence-corrected chi connectivity index (χ3v) is 6.40. The van der Waals surface area contributed by atoms with E-state index in [9.17, 15) is 13.2 Å². The standard InChI is InChI=1S/C22H20Cl2N2O4S/c1-30-20-12-9-17(24)14-21(20)31(28,29)26-19(13-15-5-3-2-4-6-15)22(27)25-18-10-7-16(23)8-11-18/h2-12,14,19,26H,13H2,1H3,(H,25,27). The van der Waals surface area contributed by atoms with Gasteiger partial charge in [0.05, 0.1) is 7.11 Å². The zero-order chi connectivity index (χ0) is 22.4. The van der Waals surface area contributed by atoms with Crippen molar-refractivity contribution in [3.05, 3.63) is 88.4 Å². The Morgan fingerprint density at radius 3 is 2.26 bits per heavy atom. The van der Waals surface area contributed by atoms with Gasteiger partial charge in [-0.3, -0.25) is 4.79 Å². The molecule has 0 bridgehead atoms. The van der Waals surface area contributed by atoms with Crippen molar-refractivity contribution in [1.29, 1.82) is 0 Å². The minimum absolute atomic E-state index is 0.119. The van der Waals surface area contributed by atoms with Gasteiger partial charge < -0.3 is 10.1 Å². The van der Waals surface area contributed by atoms with Gasteiger partial charge >= 0.3 is 0 Å². The third kappa shape index (κ3) is 6.21. The molecule has 31 heavy (non-hydrogen) atoms. The number of benzene rings is 3. The molecular weight excluding hydrogens is 459 g/mol. The van der Waals surface area contributed by atoms with E-state index >= 15 is 0 Å². The Balaban J connectivity index is 1.91. The zero-order valence-electron chi connectivity index (χ0n) is 16.5. The fourth-order valence-electron chi connectivity index (χ4n) is 2.91. The lowest BCUT2D eigenvalue weighted by atomic mass is 10.1. The van der Waals surface area contributed by atoms with Crippen LogP contribution >= 0.6 is 23.2 Å². The first-order valence-electron chi connectivity index (χ1n) is 9.25. The van der Waals surface area contributed by atoms with Gasteiger partial charge in [-0.2, -0.15) is 4.72 Å². The predicted molar refractivity (Wildman–Crippen MR) is 122 cm³/mol. The Morgan fingerprint density at radius 2 is 1.61 bits per heavy atom. The average molecular weight is 479 g/mol. The minimum Gasteiger partial charge on any atom is -0.495 e. The summed E-state index contributed by atoms with van der Waals surface area (Å²) in [5, 5.41) is 3.47. The van der Waals surface area contributed by atoms with Crippen molar-refractivity contribution in [2.24, 2.45) is 0 Å². The zero-order valence-corrected chi connectivity index (χ0v) is 18.8. The number of hydrogen-bond acceptors (Lipinski definition) is 4. The van der Waals surface area contributed by atoms with Gasteiger partial charge in [-0.05, 0) is 54.4 Å². The fraction of sp³-hybridized carbons (Fsp3) is 0.136. The van der Waals surface area contributed by atoms with Crippen LogP contribution in [0, 0.1) is 0 Å². The number of rotatable bonds is 8. The van der Waals surface area contributed by atoms with E-state index in [-0.39, 0.29) is 22.1 Å². The smallest absolute Gasteiger partial charge is 0.245 e. The number of carbonyl (C=O) groups excluding carboxylic acids is 1. The van der Waals surface area contributed by atoms with Gasteiger partial charge in [-0.1, -0.05) is 53.5 Å². The van der Waals surface area contributed by atoms with Crippen LogP contribution in [0.2, 0.25) is 10.0 Å². The van der Waals surface area contributed by atoms with Gasteiger partial charge in [0.25, 0.3) is 0 Å². The number of ether oxygens (including phenoxy) is 1. The van der Waals surface area contributed by atoms with Crippen molar-refractivity contribution < 1.29 is 17.9 Å². The molecule has 162 valence electrons. The molecule has 0 aliphatic carbocycles. The van der Waals surface area contributed by atoms with E-state index in [0.717, 1.165) is 5.56 Å². The van der Waals surface area contributed by atoms with Crippen LogP contribution in [0.15, 0.2) is 77.7 Å². The van der Waals surface area contributed by atoms with Crippen molar-refractivity contribution in [3.63, 3.8) is 0 Å². The molecule has 3 aromatic rings. The van der Waals surface area contributed by atoms with Gasteiger partial charge in [0.1, 0.15) is 16.7 Å². The Labute approximate surface area is 191 Å². The van der Waals surface area contributed by atoms with E-state index in [2.05, 4.69) is 10.0 Å². The molecule has 6 nitrogen and oxygen atoms in total. The molecule has 1 atom stereocenters. The number of sulfonamides is 1. The number of halogens is 2. The topological polar surface area (TPSA) is 84.5 Å². The van der Waals surface area contributed by atoms with E-state index in [1.807, 2.05) is 30.3 Å². The van der Waals surface area contributed by atoms with Crippen molar-refractivity contribution in [1.82, 2.24) is 4.72 Å². The first kappa shape index (κ1) is 23.1. The summed E-state index contributed by atoms with van der Waals surface area (Å²) in [6.07, 6.45) is 0.141. The van der Waals surface area contributed by atoms with Crippen LogP contribution < -0.4 is 14.8 Å². The molecule has 0 heterocycles. The molecule has 0 saturated heterocycles. The summed E-state index contributed by atoms with van der Waals surface area (Å²) >= 11 is 11.9. The number of hydrogen-bond donors (Lipinski definition) is 2. The fourth-order valence-corrected chi connectivity index (χ4v) is 4.66. The second-order valence-electron chi connectivity index (χ2n) is 6.65. The number of amides is 1. The van der Waals surface area contributed by atoms with Crippen molar-refractivity contribution >= 4 is 44.8 Å². The SMILES string of the molecule is COc1ccc(Cl)cc1S(=O)(=O)NC(Cc1ccccc1)C(=O)Nc1ccc(Cl)cc1. The maximum Gasteiger partial charge on any atom is 0.245 e. The normalized spacial score (nSPS) is 12.2. The molecule has 0 spiro atoms. The van der Waals surface area contributed by atoms with Crippen LogP contribution in [-0.4, -0.2) is 27.5 Å². The highest BCUT2D eigenvalue weighted by Gasteiger charge is 2.28. The summed E-state index contributed by atoms with van der Waals surface area (Å²) < 4.78 is 33.9. The Kier molecular flexibility index (Phi) is 7.56. The highest BCUT2D eigenvalue weighted by atomic mass is 35.5. The van der Waals surface area contributed by atoms with Crippen LogP contribution in [0.3, 0.4) is 0 Å². The lowest BCUT2D eigenvalue weighted by Crippen LogP contribution is -2.45. The maximum absolute atomic E-state index is 13.1. The number of nitrogens with one attached hydrogen (secondary N) is 2. The lowest BCUT2D eigenvalue weighted by Gasteiger charge is -2.20. The van der Waals surface area contributed by atoms with E-state index in [4.69, 9.17) is 27.9 Å². The molecule has 0 aromatic heterocycles. The molecule has 0 radical (unpaired) electrons. The second-order valence-corrected chi connectivity index (χ2v) is 9.21. The van der Waals surface area contributed by atoms with Gasteiger partial charge in [-0.25, -0.2) is 8.42 Å². The predicted octanol–water partition coefficient (Wildman–Crippen LogP) is 4.53. The summed E-state index contributed by atoms with van der Waals surface area (Å²) in [7, 11) is -2.77. The molecule has 2 N–H and O–H groups in total. The van der Waals surface area contributed by atoms with Crippen LogP contribution in [0.4, 0.5) is 5.69 Å². The second kappa shape index (κ2) is 10.2. The largest absolute Gasteiger partial charge is 0.495 e. The quantitative estimate of drug-likeness (QED) is 0.497. The van der Waals surface area contributed by atoms with E-state index in [0.29, 0.717) is 10.7 Å². The molecule has 0 aliphatic rings. The highest BCUT2D eigenvalue weighted by molar-refractivity contribution is 7.89. The molecule has 9 heteroatoms. The summed E-state index contributed by atoms with van der Waals surface area (Å²) in [5.74, 6) is -0.399. The molecule has 0 fully saturated rings. The van der Waals surface area contributed by atoms with Gasteiger partial charge in [0.2, 0.25) is 15.9 Å². The molecule has 1 unspecified atom stereocenters. The van der Waals surface area contributed by atoms with Gasteiger partial charge in [-0.15, -0.1) is 0 Å². The van der Waals surface area contributed by atoms with Crippen molar-refractivity contribution in [2.45, 2.75) is 17.4 Å². The summed E-state index contributed by atoms with van der Waals surface area (Å²) in [6.45, 7) is 0. The first-order chi connectivity index (χ1) is 14.8. The maximum atomic E-state index is 13.1. The average Bonchev–Trinajstić information content (AvgIpc) is 2.75. The number of methoxy groups -OCH3 is 1. The monoisotopic (exact) mass is 478 g/mol. The van der Waals surface area contributed by atoms with Crippen molar-refractivity contribution in [3.8, 4) is 5.75 Å². The minimum atomic E-state index is -4.13. The van der Waals surface area contributed by atoms with Crippen LogP contribution in [0.5, 0.6) is 5.75 Å². The Hall–Kier alpha value is -2.58. The summed E-state index contributed by atoms with van der Waals surface area (Å²) in [5.41, 5.74) is 1.28. The number of carbonyl (C=O) groups is 1. The van der Waals surface area contributed by atoms with E-state index in [1.165, 1.54) is 25.3 Å². The third-order valence-electron chi connectivity index (χ3n) is 4.42. The van der Waals surface area contributed by atoms with Crippen molar-refractivity contribution in [2.75, 3.05) is 12.4 Å². The Morgan fingerprint density at radius 1 is 0.968 bits per heavy atom. The van der Waals surface area contributed by atoms with E-state index in [1.54, 1.807) is 24.3 Å².